The van der Waals surface area contributed by atoms with Crippen molar-refractivity contribution in [2.75, 3.05) is 6.61 Å². The monoisotopic (exact) mass is 280 g/mol. The Morgan fingerprint density at radius 3 is 2.74 bits per heavy atom. The van der Waals surface area contributed by atoms with Gasteiger partial charge in [-0.15, -0.1) is 5.10 Å². The van der Waals surface area contributed by atoms with Crippen LogP contribution in [0.15, 0.2) is 30.5 Å². The van der Waals surface area contributed by atoms with E-state index in [9.17, 15) is 0 Å². The van der Waals surface area contributed by atoms with E-state index in [0.29, 0.717) is 23.9 Å². The third kappa shape index (κ3) is 3.68. The molecule has 2 N–H and O–H groups in total. The maximum absolute atomic E-state index is 5.99. The lowest BCUT2D eigenvalue weighted by molar-refractivity contribution is 0.290. The van der Waals surface area contributed by atoms with Gasteiger partial charge in [-0.1, -0.05) is 28.9 Å². The topological polar surface area (TPSA) is 66.0 Å². The number of para-hydroxylation sites is 1. The van der Waals surface area contributed by atoms with Gasteiger partial charge in [0, 0.05) is 0 Å². The van der Waals surface area contributed by atoms with Crippen LogP contribution >= 0.6 is 11.6 Å². The molecule has 5 nitrogen and oxygen atoms in total. The van der Waals surface area contributed by atoms with Crippen molar-refractivity contribution in [1.29, 1.82) is 0 Å². The van der Waals surface area contributed by atoms with Crippen molar-refractivity contribution in [2.24, 2.45) is 5.73 Å². The fourth-order valence-corrected chi connectivity index (χ4v) is 1.70. The van der Waals surface area contributed by atoms with Gasteiger partial charge < -0.3 is 10.5 Å². The van der Waals surface area contributed by atoms with Crippen molar-refractivity contribution in [3.8, 4) is 5.75 Å². The van der Waals surface area contributed by atoms with Crippen LogP contribution in [-0.4, -0.2) is 21.6 Å². The van der Waals surface area contributed by atoms with Crippen molar-refractivity contribution in [3.05, 3.63) is 41.2 Å². The van der Waals surface area contributed by atoms with E-state index >= 15 is 0 Å². The van der Waals surface area contributed by atoms with E-state index in [2.05, 4.69) is 10.3 Å². The molecule has 0 bridgehead atoms. The number of hydrogen-bond acceptors (Lipinski definition) is 4. The summed E-state index contributed by atoms with van der Waals surface area (Å²) in [7, 11) is 0. The van der Waals surface area contributed by atoms with E-state index in [1.165, 1.54) is 0 Å². The van der Waals surface area contributed by atoms with Crippen LogP contribution in [0, 0.1) is 0 Å². The van der Waals surface area contributed by atoms with Crippen molar-refractivity contribution in [3.63, 3.8) is 0 Å². The Bertz CT molecular complexity index is 548. The van der Waals surface area contributed by atoms with Gasteiger partial charge >= 0.3 is 0 Å². The molecule has 0 saturated heterocycles. The second-order valence-electron chi connectivity index (χ2n) is 4.87. The van der Waals surface area contributed by atoms with Crippen molar-refractivity contribution in [1.82, 2.24) is 15.0 Å². The lowest BCUT2D eigenvalue weighted by Crippen LogP contribution is -2.29. The van der Waals surface area contributed by atoms with Crippen LogP contribution in [0.3, 0.4) is 0 Å². The molecule has 0 saturated carbocycles. The zero-order valence-corrected chi connectivity index (χ0v) is 11.8. The van der Waals surface area contributed by atoms with E-state index in [1.54, 1.807) is 10.7 Å². The van der Waals surface area contributed by atoms with Crippen LogP contribution in [0.4, 0.5) is 0 Å². The highest BCUT2D eigenvalue weighted by Crippen LogP contribution is 2.22. The Labute approximate surface area is 117 Å². The molecule has 0 aliphatic heterocycles. The summed E-state index contributed by atoms with van der Waals surface area (Å²) in [4.78, 5) is 0. The van der Waals surface area contributed by atoms with Gasteiger partial charge in [0.05, 0.1) is 23.3 Å². The molecule has 0 radical (unpaired) electrons. The summed E-state index contributed by atoms with van der Waals surface area (Å²) in [6.07, 6.45) is 1.83. The molecule has 2 aromatic rings. The molecule has 0 aliphatic carbocycles. The molecule has 2 rings (SSSR count). The fourth-order valence-electron chi connectivity index (χ4n) is 1.51. The number of ether oxygens (including phenoxy) is 1. The lowest BCUT2D eigenvalue weighted by atomic mass is 10.0. The fraction of sp³-hybridized carbons (Fsp3) is 0.385. The summed E-state index contributed by atoms with van der Waals surface area (Å²) in [5.41, 5.74) is 6.22. The van der Waals surface area contributed by atoms with Crippen LogP contribution in [0.2, 0.25) is 5.02 Å². The van der Waals surface area contributed by atoms with Gasteiger partial charge in [-0.3, -0.25) is 0 Å². The highest BCUT2D eigenvalue weighted by atomic mass is 35.5. The zero-order valence-electron chi connectivity index (χ0n) is 11.0. The van der Waals surface area contributed by atoms with Crippen LogP contribution in [-0.2, 0) is 12.1 Å². The van der Waals surface area contributed by atoms with Gasteiger partial charge in [-0.25, -0.2) is 4.68 Å². The smallest absolute Gasteiger partial charge is 0.137 e. The summed E-state index contributed by atoms with van der Waals surface area (Å²) in [5.74, 6) is 0.670. The summed E-state index contributed by atoms with van der Waals surface area (Å²) in [6.45, 7) is 4.84. The molecule has 102 valence electrons. The predicted octanol–water partition coefficient (Wildman–Crippen LogP) is 2.20. The Kier molecular flexibility index (Phi) is 4.07. The number of halogens is 1. The molecule has 1 aromatic carbocycles. The van der Waals surface area contributed by atoms with Crippen LogP contribution in [0.1, 0.15) is 19.5 Å². The second kappa shape index (κ2) is 5.59. The number of rotatable bonds is 5. The second-order valence-corrected chi connectivity index (χ2v) is 5.27. The van der Waals surface area contributed by atoms with Crippen LogP contribution in [0.25, 0.3) is 0 Å². The SMILES string of the molecule is CC(C)(N)c1cn(CCOc2ccccc2Cl)nn1. The first kappa shape index (κ1) is 13.8. The minimum atomic E-state index is -0.484. The summed E-state index contributed by atoms with van der Waals surface area (Å²) in [6, 6.07) is 7.37. The maximum Gasteiger partial charge on any atom is 0.137 e. The van der Waals surface area contributed by atoms with E-state index < -0.39 is 5.54 Å². The summed E-state index contributed by atoms with van der Waals surface area (Å²) >= 11 is 5.99. The quantitative estimate of drug-likeness (QED) is 0.912. The van der Waals surface area contributed by atoms with E-state index in [4.69, 9.17) is 22.1 Å². The third-order valence-electron chi connectivity index (χ3n) is 2.61. The summed E-state index contributed by atoms with van der Waals surface area (Å²) in [5, 5.41) is 8.65. The Hall–Kier alpha value is -1.59. The number of nitrogens with two attached hydrogens (primary N) is 1. The van der Waals surface area contributed by atoms with Gasteiger partial charge in [0.2, 0.25) is 0 Å². The van der Waals surface area contributed by atoms with Crippen molar-refractivity contribution < 1.29 is 4.74 Å². The molecule has 1 aromatic heterocycles. The molecule has 19 heavy (non-hydrogen) atoms. The molecule has 6 heteroatoms. The summed E-state index contributed by atoms with van der Waals surface area (Å²) < 4.78 is 7.29. The molecule has 0 atom stereocenters. The minimum Gasteiger partial charge on any atom is -0.490 e. The Morgan fingerprint density at radius 2 is 2.11 bits per heavy atom. The third-order valence-corrected chi connectivity index (χ3v) is 2.93. The molecule has 0 fully saturated rings. The number of hydrogen-bond donors (Lipinski definition) is 1. The Morgan fingerprint density at radius 1 is 1.37 bits per heavy atom. The Balaban J connectivity index is 1.90. The van der Waals surface area contributed by atoms with Crippen molar-refractivity contribution in [2.45, 2.75) is 25.9 Å². The van der Waals surface area contributed by atoms with Crippen LogP contribution < -0.4 is 10.5 Å². The average molecular weight is 281 g/mol. The van der Waals surface area contributed by atoms with Gasteiger partial charge in [-0.05, 0) is 26.0 Å². The molecule has 0 aliphatic rings. The van der Waals surface area contributed by atoms with E-state index in [-0.39, 0.29) is 0 Å². The number of nitrogens with zero attached hydrogens (tertiary/aromatic N) is 3. The first-order valence-electron chi connectivity index (χ1n) is 6.03. The zero-order chi connectivity index (χ0) is 13.9. The first-order chi connectivity index (χ1) is 8.97. The molecule has 0 amide bonds. The minimum absolute atomic E-state index is 0.470. The highest BCUT2D eigenvalue weighted by Gasteiger charge is 2.18. The van der Waals surface area contributed by atoms with E-state index in [1.807, 2.05) is 38.2 Å². The molecule has 0 spiro atoms. The number of benzene rings is 1. The normalized spacial score (nSPS) is 11.6. The van der Waals surface area contributed by atoms with E-state index in [0.717, 1.165) is 5.69 Å². The van der Waals surface area contributed by atoms with Gasteiger partial charge in [0.1, 0.15) is 18.1 Å². The van der Waals surface area contributed by atoms with Crippen LogP contribution in [0.5, 0.6) is 5.75 Å². The standard InChI is InChI=1S/C13H17ClN4O/c1-13(2,15)12-9-18(17-16-12)7-8-19-11-6-4-3-5-10(11)14/h3-6,9H,7-8,15H2,1-2H3. The molecular weight excluding hydrogens is 264 g/mol. The van der Waals surface area contributed by atoms with Gasteiger partial charge in [-0.2, -0.15) is 0 Å². The largest absolute Gasteiger partial charge is 0.490 e. The van der Waals surface area contributed by atoms with Crippen molar-refractivity contribution >= 4 is 11.6 Å². The van der Waals surface area contributed by atoms with Gasteiger partial charge in [0.25, 0.3) is 0 Å². The molecular formula is C13H17ClN4O. The maximum atomic E-state index is 5.99. The number of aromatic nitrogens is 3. The highest BCUT2D eigenvalue weighted by molar-refractivity contribution is 6.32. The average Bonchev–Trinajstić information content (AvgIpc) is 2.80. The first-order valence-corrected chi connectivity index (χ1v) is 6.41. The predicted molar refractivity (Wildman–Crippen MR) is 74.2 cm³/mol. The van der Waals surface area contributed by atoms with Gasteiger partial charge in [0.15, 0.2) is 0 Å². The molecule has 1 heterocycles. The molecule has 0 unspecified atom stereocenters. The lowest BCUT2D eigenvalue weighted by Gasteiger charge is -2.13.